The first-order valence-corrected chi connectivity index (χ1v) is 5.07. The maximum atomic E-state index is 9.92. The predicted octanol–water partition coefficient (Wildman–Crippen LogP) is 0.735. The van der Waals surface area contributed by atoms with Gasteiger partial charge in [0, 0.05) is 0 Å². The fourth-order valence-electron chi connectivity index (χ4n) is 6.15. The molecule has 0 spiro atoms. The third-order valence-corrected chi connectivity index (χ3v) is 5.98. The Kier molecular flexibility index (Phi) is 0.452. The van der Waals surface area contributed by atoms with Gasteiger partial charge in [0.05, 0.1) is 6.10 Å². The monoisotopic (exact) mass is 148 g/mol. The normalized spacial score (nSPS) is 90.8. The summed E-state index contributed by atoms with van der Waals surface area (Å²) in [5.74, 6) is 7.91. The first kappa shape index (κ1) is 4.86. The number of hydrogen-bond donors (Lipinski definition) is 1. The zero-order valence-corrected chi connectivity index (χ0v) is 6.35. The topological polar surface area (TPSA) is 20.2 Å². The van der Waals surface area contributed by atoms with Crippen LogP contribution < -0.4 is 0 Å². The molecule has 0 aromatic carbocycles. The van der Waals surface area contributed by atoms with Gasteiger partial charge in [-0.15, -0.1) is 0 Å². The van der Waals surface area contributed by atoms with Crippen molar-refractivity contribution in [1.82, 2.24) is 0 Å². The van der Waals surface area contributed by atoms with E-state index in [0.717, 1.165) is 47.3 Å². The molecule has 0 radical (unpaired) electrons. The first-order valence-electron chi connectivity index (χ1n) is 5.07. The van der Waals surface area contributed by atoms with Gasteiger partial charge in [0.25, 0.3) is 0 Å². The molecule has 0 amide bonds. The molecule has 58 valence electrons. The Morgan fingerprint density at radius 1 is 0.727 bits per heavy atom. The Morgan fingerprint density at radius 3 is 2.00 bits per heavy atom. The van der Waals surface area contributed by atoms with Crippen LogP contribution in [0, 0.1) is 47.3 Å². The van der Waals surface area contributed by atoms with Crippen molar-refractivity contribution in [2.45, 2.75) is 12.5 Å². The molecule has 0 heterocycles. The van der Waals surface area contributed by atoms with E-state index in [1.54, 1.807) is 0 Å². The Balaban J connectivity index is 1.88. The largest absolute Gasteiger partial charge is 0.393 e. The lowest BCUT2D eigenvalue weighted by molar-refractivity contribution is -0.172. The van der Waals surface area contributed by atoms with Gasteiger partial charge in [0.15, 0.2) is 0 Å². The molecule has 6 saturated carbocycles. The second kappa shape index (κ2) is 1.02. The zero-order chi connectivity index (χ0) is 6.90. The minimum Gasteiger partial charge on any atom is -0.393 e. The highest BCUT2D eigenvalue weighted by molar-refractivity contribution is 5.33. The molecule has 1 heteroatoms. The number of hydrogen-bond acceptors (Lipinski definition) is 1. The van der Waals surface area contributed by atoms with Crippen LogP contribution in [0.4, 0.5) is 0 Å². The second-order valence-electron chi connectivity index (χ2n) is 5.52. The minimum absolute atomic E-state index is 0.156. The molecule has 9 atom stereocenters. The minimum atomic E-state index is 0.156. The molecule has 9 unspecified atom stereocenters. The molecule has 4 bridgehead atoms. The molecular weight excluding hydrogens is 136 g/mol. The molecule has 0 aliphatic heterocycles. The molecule has 11 heavy (non-hydrogen) atoms. The highest BCUT2D eigenvalue weighted by atomic mass is 16.3. The van der Waals surface area contributed by atoms with E-state index in [1.807, 2.05) is 0 Å². The van der Waals surface area contributed by atoms with Crippen molar-refractivity contribution < 1.29 is 5.11 Å². The standard InChI is InChI=1S/C10H12O/c11-10-7-3-1-2-4-5(3)9(10)8(4)6(2)7/h2-11H,1H2. The van der Waals surface area contributed by atoms with E-state index in [4.69, 9.17) is 0 Å². The van der Waals surface area contributed by atoms with Crippen LogP contribution in [0.1, 0.15) is 6.42 Å². The van der Waals surface area contributed by atoms with Crippen LogP contribution in [-0.2, 0) is 0 Å². The Morgan fingerprint density at radius 2 is 1.36 bits per heavy atom. The summed E-state index contributed by atoms with van der Waals surface area (Å²) in [4.78, 5) is 0. The highest BCUT2D eigenvalue weighted by Gasteiger charge is 2.86. The molecule has 6 aliphatic carbocycles. The molecule has 0 aromatic rings. The second-order valence-corrected chi connectivity index (χ2v) is 5.52. The van der Waals surface area contributed by atoms with E-state index in [-0.39, 0.29) is 6.10 Å². The summed E-state index contributed by atoms with van der Waals surface area (Å²) in [5, 5.41) is 9.92. The molecule has 6 rings (SSSR count). The molecule has 1 nitrogen and oxygen atoms in total. The first-order chi connectivity index (χ1) is 5.39. The third-order valence-electron chi connectivity index (χ3n) is 5.98. The van der Waals surface area contributed by atoms with Gasteiger partial charge in [-0.05, 0) is 53.8 Å². The van der Waals surface area contributed by atoms with Crippen molar-refractivity contribution in [3.8, 4) is 0 Å². The van der Waals surface area contributed by atoms with Crippen molar-refractivity contribution in [2.24, 2.45) is 47.3 Å². The number of rotatable bonds is 0. The van der Waals surface area contributed by atoms with Gasteiger partial charge < -0.3 is 5.11 Å². The lowest BCUT2D eigenvalue weighted by Gasteiger charge is -2.63. The molecule has 0 saturated heterocycles. The summed E-state index contributed by atoms with van der Waals surface area (Å²) in [6.07, 6.45) is 1.66. The van der Waals surface area contributed by atoms with Crippen LogP contribution in [0.2, 0.25) is 0 Å². The third kappa shape index (κ3) is 0.234. The van der Waals surface area contributed by atoms with E-state index in [0.29, 0.717) is 0 Å². The van der Waals surface area contributed by atoms with E-state index in [2.05, 4.69) is 0 Å². The predicted molar refractivity (Wildman–Crippen MR) is 38.5 cm³/mol. The summed E-state index contributed by atoms with van der Waals surface area (Å²) in [5.41, 5.74) is 0. The van der Waals surface area contributed by atoms with Crippen LogP contribution in [-0.4, -0.2) is 11.2 Å². The van der Waals surface area contributed by atoms with Gasteiger partial charge in [0.1, 0.15) is 0 Å². The van der Waals surface area contributed by atoms with Gasteiger partial charge in [-0.3, -0.25) is 0 Å². The maximum Gasteiger partial charge on any atom is 0.0607 e. The summed E-state index contributed by atoms with van der Waals surface area (Å²) in [6, 6.07) is 0. The lowest BCUT2D eigenvalue weighted by Crippen LogP contribution is -2.60. The summed E-state index contributed by atoms with van der Waals surface area (Å²) >= 11 is 0. The molecule has 6 fully saturated rings. The smallest absolute Gasteiger partial charge is 0.0607 e. The Bertz CT molecular complexity index is 264. The van der Waals surface area contributed by atoms with E-state index >= 15 is 0 Å². The Labute approximate surface area is 65.8 Å². The van der Waals surface area contributed by atoms with Crippen molar-refractivity contribution in [2.75, 3.05) is 0 Å². The summed E-state index contributed by atoms with van der Waals surface area (Å²) in [6.45, 7) is 0. The van der Waals surface area contributed by atoms with E-state index < -0.39 is 0 Å². The Hall–Kier alpha value is -0.0400. The maximum absolute atomic E-state index is 9.92. The molecule has 6 aliphatic rings. The SMILES string of the molecule is OC1C2C3CC4C2C2C1C3C42. The number of aliphatic hydroxyl groups excluding tert-OH is 1. The van der Waals surface area contributed by atoms with Gasteiger partial charge in [0.2, 0.25) is 0 Å². The molecule has 1 N–H and O–H groups in total. The van der Waals surface area contributed by atoms with Crippen LogP contribution in [0.3, 0.4) is 0 Å². The van der Waals surface area contributed by atoms with E-state index in [9.17, 15) is 5.11 Å². The van der Waals surface area contributed by atoms with Gasteiger partial charge in [-0.2, -0.15) is 0 Å². The highest BCUT2D eigenvalue weighted by Crippen LogP contribution is 2.88. The van der Waals surface area contributed by atoms with Crippen LogP contribution in [0.15, 0.2) is 0 Å². The quantitative estimate of drug-likeness (QED) is 0.537. The average Bonchev–Trinajstić information content (AvgIpc) is 2.40. The fraction of sp³-hybridized carbons (Fsp3) is 1.00. The van der Waals surface area contributed by atoms with Crippen LogP contribution in [0.25, 0.3) is 0 Å². The lowest BCUT2D eigenvalue weighted by atomic mass is 9.41. The van der Waals surface area contributed by atoms with Crippen LogP contribution in [0.5, 0.6) is 0 Å². The van der Waals surface area contributed by atoms with Crippen molar-refractivity contribution in [1.29, 1.82) is 0 Å². The molecule has 0 aromatic heterocycles. The summed E-state index contributed by atoms with van der Waals surface area (Å²) in [7, 11) is 0. The van der Waals surface area contributed by atoms with Gasteiger partial charge in [-0.1, -0.05) is 0 Å². The summed E-state index contributed by atoms with van der Waals surface area (Å²) < 4.78 is 0. The fourth-order valence-corrected chi connectivity index (χ4v) is 6.15. The average molecular weight is 148 g/mol. The van der Waals surface area contributed by atoms with Gasteiger partial charge >= 0.3 is 0 Å². The van der Waals surface area contributed by atoms with E-state index in [1.165, 1.54) is 6.42 Å². The van der Waals surface area contributed by atoms with Gasteiger partial charge in [-0.25, -0.2) is 0 Å². The number of aliphatic hydroxyl groups is 1. The van der Waals surface area contributed by atoms with Crippen LogP contribution >= 0.6 is 0 Å². The molecular formula is C10H12O. The van der Waals surface area contributed by atoms with Crippen molar-refractivity contribution in [3.05, 3.63) is 0 Å². The van der Waals surface area contributed by atoms with Crippen molar-refractivity contribution in [3.63, 3.8) is 0 Å². The van der Waals surface area contributed by atoms with Crippen molar-refractivity contribution >= 4 is 0 Å². The zero-order valence-electron chi connectivity index (χ0n) is 6.35.